The van der Waals surface area contributed by atoms with Crippen LogP contribution in [0.2, 0.25) is 0 Å². The van der Waals surface area contributed by atoms with E-state index in [-0.39, 0.29) is 24.2 Å². The van der Waals surface area contributed by atoms with Crippen LogP contribution in [0.4, 0.5) is 27.6 Å². The van der Waals surface area contributed by atoms with E-state index in [1.54, 1.807) is 0 Å². The average molecular weight is 412 g/mol. The van der Waals surface area contributed by atoms with Crippen molar-refractivity contribution in [2.24, 2.45) is 5.92 Å². The van der Waals surface area contributed by atoms with Crippen molar-refractivity contribution in [1.82, 2.24) is 5.32 Å². The summed E-state index contributed by atoms with van der Waals surface area (Å²) >= 11 is 0. The fourth-order valence-corrected chi connectivity index (χ4v) is 3.24. The predicted octanol–water partition coefficient (Wildman–Crippen LogP) is 4.21. The molecule has 3 rings (SSSR count). The molecule has 1 aliphatic heterocycles. The third-order valence-corrected chi connectivity index (χ3v) is 4.77. The number of rotatable bonds is 4. The highest BCUT2D eigenvalue weighted by molar-refractivity contribution is 6.00. The van der Waals surface area contributed by atoms with Crippen molar-refractivity contribution in [2.45, 2.75) is 25.6 Å². The Morgan fingerprint density at radius 3 is 2.55 bits per heavy atom. The molecule has 0 aromatic heterocycles. The molecule has 4 nitrogen and oxygen atoms in total. The van der Waals surface area contributed by atoms with Crippen LogP contribution in [0.3, 0.4) is 0 Å². The number of alkyl halides is 3. The van der Waals surface area contributed by atoms with E-state index in [4.69, 9.17) is 0 Å². The Hall–Kier alpha value is -2.97. The Kier molecular flexibility index (Phi) is 5.59. The second-order valence-electron chi connectivity index (χ2n) is 6.85. The number of anilines is 1. The minimum absolute atomic E-state index is 0.0535. The van der Waals surface area contributed by atoms with Crippen LogP contribution in [0.5, 0.6) is 0 Å². The normalized spacial score (nSPS) is 18.1. The Morgan fingerprint density at radius 2 is 1.90 bits per heavy atom. The highest BCUT2D eigenvalue weighted by Crippen LogP contribution is 2.33. The van der Waals surface area contributed by atoms with Crippen molar-refractivity contribution >= 4 is 17.5 Å². The van der Waals surface area contributed by atoms with Gasteiger partial charge in [-0.25, -0.2) is 8.78 Å². The second-order valence-corrected chi connectivity index (χ2v) is 6.85. The SMILES string of the molecule is C[C@@H](NC(=O)[C@H]1CC(=O)N(c2cccc(C(F)(F)F)c2)C1)c1ccc(F)cc1F. The largest absolute Gasteiger partial charge is 0.416 e. The molecule has 1 N–H and O–H groups in total. The van der Waals surface area contributed by atoms with Crippen LogP contribution in [0, 0.1) is 17.6 Å². The summed E-state index contributed by atoms with van der Waals surface area (Å²) in [6.45, 7) is 1.42. The minimum Gasteiger partial charge on any atom is -0.349 e. The summed E-state index contributed by atoms with van der Waals surface area (Å²) in [5, 5.41) is 2.57. The third kappa shape index (κ3) is 4.55. The standard InChI is InChI=1S/C20H17F5N2O2/c1-11(16-6-5-14(21)9-17(16)22)26-19(29)12-7-18(28)27(10-12)15-4-2-3-13(8-15)20(23,24)25/h2-6,8-9,11-12H,7,10H2,1H3,(H,26,29)/t11-,12+/m1/s1. The molecule has 2 aromatic carbocycles. The second kappa shape index (κ2) is 7.81. The van der Waals surface area contributed by atoms with E-state index in [2.05, 4.69) is 5.32 Å². The molecule has 1 saturated heterocycles. The maximum atomic E-state index is 13.9. The summed E-state index contributed by atoms with van der Waals surface area (Å²) in [5.41, 5.74) is -0.757. The highest BCUT2D eigenvalue weighted by atomic mass is 19.4. The number of nitrogens with zero attached hydrogens (tertiary/aromatic N) is 1. The van der Waals surface area contributed by atoms with E-state index in [9.17, 15) is 31.5 Å². The van der Waals surface area contributed by atoms with Gasteiger partial charge in [-0.1, -0.05) is 12.1 Å². The molecule has 2 amide bonds. The zero-order chi connectivity index (χ0) is 21.3. The maximum Gasteiger partial charge on any atom is 0.416 e. The van der Waals surface area contributed by atoms with E-state index in [1.165, 1.54) is 25.1 Å². The molecule has 0 unspecified atom stereocenters. The number of hydrogen-bond acceptors (Lipinski definition) is 2. The Labute approximate surface area is 163 Å². The molecule has 154 valence electrons. The third-order valence-electron chi connectivity index (χ3n) is 4.77. The van der Waals surface area contributed by atoms with Crippen LogP contribution in [0.15, 0.2) is 42.5 Å². The Balaban J connectivity index is 1.70. The van der Waals surface area contributed by atoms with E-state index in [0.29, 0.717) is 6.07 Å². The number of amides is 2. The molecule has 0 bridgehead atoms. The van der Waals surface area contributed by atoms with E-state index in [0.717, 1.165) is 23.1 Å². The lowest BCUT2D eigenvalue weighted by molar-refractivity contribution is -0.137. The lowest BCUT2D eigenvalue weighted by Gasteiger charge is -2.20. The predicted molar refractivity (Wildman–Crippen MR) is 94.8 cm³/mol. The lowest BCUT2D eigenvalue weighted by atomic mass is 10.0. The quantitative estimate of drug-likeness (QED) is 0.765. The van der Waals surface area contributed by atoms with Crippen LogP contribution in [-0.4, -0.2) is 18.4 Å². The van der Waals surface area contributed by atoms with Crippen molar-refractivity contribution < 1.29 is 31.5 Å². The summed E-state index contributed by atoms with van der Waals surface area (Å²) in [4.78, 5) is 25.9. The first-order chi connectivity index (χ1) is 13.6. The number of hydrogen-bond donors (Lipinski definition) is 1. The molecule has 29 heavy (non-hydrogen) atoms. The van der Waals surface area contributed by atoms with Gasteiger partial charge < -0.3 is 10.2 Å². The van der Waals surface area contributed by atoms with Crippen LogP contribution in [-0.2, 0) is 15.8 Å². The van der Waals surface area contributed by atoms with Gasteiger partial charge in [0, 0.05) is 30.3 Å². The van der Waals surface area contributed by atoms with Gasteiger partial charge in [0.2, 0.25) is 11.8 Å². The molecular weight excluding hydrogens is 395 g/mol. The van der Waals surface area contributed by atoms with Crippen LogP contribution >= 0.6 is 0 Å². The maximum absolute atomic E-state index is 13.9. The van der Waals surface area contributed by atoms with E-state index in [1.807, 2.05) is 0 Å². The minimum atomic E-state index is -4.55. The molecular formula is C20H17F5N2O2. The Bertz CT molecular complexity index is 945. The molecule has 1 heterocycles. The smallest absolute Gasteiger partial charge is 0.349 e. The first kappa shape index (κ1) is 20.8. The summed E-state index contributed by atoms with van der Waals surface area (Å²) in [6, 6.07) is 6.51. The van der Waals surface area contributed by atoms with Gasteiger partial charge in [0.15, 0.2) is 0 Å². The van der Waals surface area contributed by atoms with Crippen molar-refractivity contribution in [3.8, 4) is 0 Å². The summed E-state index contributed by atoms with van der Waals surface area (Å²) in [5.74, 6) is -3.38. The topological polar surface area (TPSA) is 49.4 Å². The van der Waals surface area contributed by atoms with Crippen molar-refractivity contribution in [3.63, 3.8) is 0 Å². The van der Waals surface area contributed by atoms with Gasteiger partial charge in [0.1, 0.15) is 11.6 Å². The zero-order valence-corrected chi connectivity index (χ0v) is 15.3. The molecule has 2 aromatic rings. The summed E-state index contributed by atoms with van der Waals surface area (Å²) in [6.07, 6.45) is -4.73. The van der Waals surface area contributed by atoms with Gasteiger partial charge in [-0.3, -0.25) is 9.59 Å². The lowest BCUT2D eigenvalue weighted by Crippen LogP contribution is -2.35. The summed E-state index contributed by atoms with van der Waals surface area (Å²) in [7, 11) is 0. The Morgan fingerprint density at radius 1 is 1.17 bits per heavy atom. The number of nitrogens with one attached hydrogen (secondary N) is 1. The van der Waals surface area contributed by atoms with Gasteiger partial charge >= 0.3 is 6.18 Å². The molecule has 0 spiro atoms. The first-order valence-corrected chi connectivity index (χ1v) is 8.79. The van der Waals surface area contributed by atoms with Gasteiger partial charge in [0.05, 0.1) is 17.5 Å². The molecule has 1 aliphatic rings. The van der Waals surface area contributed by atoms with Crippen molar-refractivity contribution in [2.75, 3.05) is 11.4 Å². The van der Waals surface area contributed by atoms with Gasteiger partial charge in [-0.05, 0) is 31.2 Å². The molecule has 0 radical (unpaired) electrons. The number of carbonyl (C=O) groups is 2. The molecule has 2 atom stereocenters. The van der Waals surface area contributed by atoms with Crippen LogP contribution in [0.25, 0.3) is 0 Å². The average Bonchev–Trinajstić information content (AvgIpc) is 3.03. The zero-order valence-electron chi connectivity index (χ0n) is 15.3. The van der Waals surface area contributed by atoms with Gasteiger partial charge in [-0.2, -0.15) is 13.2 Å². The molecule has 9 heteroatoms. The highest BCUT2D eigenvalue weighted by Gasteiger charge is 2.37. The fraction of sp³-hybridized carbons (Fsp3) is 0.300. The number of benzene rings is 2. The van der Waals surface area contributed by atoms with Crippen molar-refractivity contribution in [3.05, 3.63) is 65.2 Å². The number of carbonyl (C=O) groups excluding carboxylic acids is 2. The van der Waals surface area contributed by atoms with Crippen LogP contribution < -0.4 is 10.2 Å². The van der Waals surface area contributed by atoms with E-state index >= 15 is 0 Å². The fourth-order valence-electron chi connectivity index (χ4n) is 3.24. The van der Waals surface area contributed by atoms with E-state index < -0.39 is 47.1 Å². The number of halogens is 5. The van der Waals surface area contributed by atoms with Crippen LogP contribution in [0.1, 0.15) is 30.5 Å². The summed E-state index contributed by atoms with van der Waals surface area (Å²) < 4.78 is 65.6. The molecule has 1 fully saturated rings. The van der Waals surface area contributed by atoms with Gasteiger partial charge in [0.25, 0.3) is 0 Å². The molecule has 0 aliphatic carbocycles. The van der Waals surface area contributed by atoms with Gasteiger partial charge in [-0.15, -0.1) is 0 Å². The van der Waals surface area contributed by atoms with Crippen molar-refractivity contribution in [1.29, 1.82) is 0 Å². The monoisotopic (exact) mass is 412 g/mol. The first-order valence-electron chi connectivity index (χ1n) is 8.79. The molecule has 0 saturated carbocycles.